The van der Waals surface area contributed by atoms with Crippen LogP contribution in [0.4, 0.5) is 17.5 Å². The summed E-state index contributed by atoms with van der Waals surface area (Å²) >= 11 is 0. The lowest BCUT2D eigenvalue weighted by atomic mass is 9.94. The minimum atomic E-state index is -0.447. The number of ether oxygens (including phenoxy) is 1. The Bertz CT molecular complexity index is 551. The molecule has 2 unspecified atom stereocenters. The molecule has 0 spiro atoms. The summed E-state index contributed by atoms with van der Waals surface area (Å²) in [5.74, 6) is 0.626. The number of rotatable bonds is 5. The van der Waals surface area contributed by atoms with Crippen LogP contribution in [0, 0.1) is 17.0 Å². The third-order valence-corrected chi connectivity index (χ3v) is 3.87. The Balaban J connectivity index is 2.42. The van der Waals surface area contributed by atoms with Gasteiger partial charge < -0.3 is 15.4 Å². The molecule has 2 heterocycles. The quantitative estimate of drug-likeness (QED) is 0.633. The number of aryl methyl sites for hydroxylation is 1. The number of aromatic nitrogens is 2. The van der Waals surface area contributed by atoms with Crippen LogP contribution in [0.5, 0.6) is 0 Å². The molecule has 2 atom stereocenters. The van der Waals surface area contributed by atoms with Crippen LogP contribution in [0.1, 0.15) is 32.9 Å². The van der Waals surface area contributed by atoms with Crippen LogP contribution < -0.4 is 10.6 Å². The summed E-state index contributed by atoms with van der Waals surface area (Å²) in [6.07, 6.45) is 0.722. The lowest BCUT2D eigenvalue weighted by molar-refractivity contribution is -0.385. The molecule has 2 N–H and O–H groups in total. The number of nitro groups is 1. The van der Waals surface area contributed by atoms with Crippen LogP contribution in [-0.4, -0.2) is 39.7 Å². The van der Waals surface area contributed by atoms with Crippen molar-refractivity contribution in [2.45, 2.75) is 45.8 Å². The average molecular weight is 295 g/mol. The molecular weight excluding hydrogens is 274 g/mol. The van der Waals surface area contributed by atoms with Gasteiger partial charge in [-0.25, -0.2) is 4.98 Å². The molecule has 0 amide bonds. The lowest BCUT2D eigenvalue weighted by Gasteiger charge is -2.29. The molecule has 1 saturated heterocycles. The summed E-state index contributed by atoms with van der Waals surface area (Å²) in [6.45, 7) is 8.74. The first-order valence-electron chi connectivity index (χ1n) is 7.04. The van der Waals surface area contributed by atoms with E-state index in [0.717, 1.165) is 6.42 Å². The van der Waals surface area contributed by atoms with E-state index < -0.39 is 4.92 Å². The van der Waals surface area contributed by atoms with Crippen LogP contribution in [0.3, 0.4) is 0 Å². The Hall–Kier alpha value is -1.96. The SMILES string of the molecule is CCNc1nc(C)c([N+](=O)[O-])c(NC2(C)CCOC2C)n1. The average Bonchev–Trinajstić information content (AvgIpc) is 2.68. The maximum Gasteiger partial charge on any atom is 0.332 e. The molecule has 0 bridgehead atoms. The number of anilines is 2. The topological polar surface area (TPSA) is 102 Å². The Morgan fingerprint density at radius 2 is 2.24 bits per heavy atom. The van der Waals surface area contributed by atoms with Crippen LogP contribution in [0.2, 0.25) is 0 Å². The fourth-order valence-electron chi connectivity index (χ4n) is 2.38. The van der Waals surface area contributed by atoms with Gasteiger partial charge in [-0.1, -0.05) is 0 Å². The minimum absolute atomic E-state index is 0.0463. The molecule has 1 aliphatic rings. The zero-order valence-electron chi connectivity index (χ0n) is 12.8. The Kier molecular flexibility index (Phi) is 4.26. The van der Waals surface area contributed by atoms with Crippen molar-refractivity contribution < 1.29 is 9.66 Å². The van der Waals surface area contributed by atoms with Crippen molar-refractivity contribution in [3.8, 4) is 0 Å². The van der Waals surface area contributed by atoms with Crippen LogP contribution in [0.25, 0.3) is 0 Å². The maximum atomic E-state index is 11.3. The summed E-state index contributed by atoms with van der Waals surface area (Å²) in [5.41, 5.74) is -0.129. The minimum Gasteiger partial charge on any atom is -0.376 e. The van der Waals surface area contributed by atoms with Crippen molar-refractivity contribution in [2.24, 2.45) is 0 Å². The van der Waals surface area contributed by atoms with Crippen LogP contribution in [0.15, 0.2) is 0 Å². The molecule has 0 radical (unpaired) electrons. The Morgan fingerprint density at radius 1 is 1.52 bits per heavy atom. The van der Waals surface area contributed by atoms with Gasteiger partial charge in [0.2, 0.25) is 11.8 Å². The van der Waals surface area contributed by atoms with Gasteiger partial charge >= 0.3 is 5.69 Å². The molecule has 21 heavy (non-hydrogen) atoms. The lowest BCUT2D eigenvalue weighted by Crippen LogP contribution is -2.41. The third-order valence-electron chi connectivity index (χ3n) is 3.87. The standard InChI is InChI=1S/C13H21N5O3/c1-5-14-12-15-8(2)10(18(19)20)11(16-12)17-13(4)6-7-21-9(13)3/h9H,5-7H2,1-4H3,(H2,14,15,16,17). The molecule has 2 rings (SSSR count). The highest BCUT2D eigenvalue weighted by Gasteiger charge is 2.39. The van der Waals surface area contributed by atoms with E-state index in [9.17, 15) is 10.1 Å². The van der Waals surface area contributed by atoms with E-state index in [1.807, 2.05) is 20.8 Å². The molecule has 8 heteroatoms. The second kappa shape index (κ2) is 5.80. The molecule has 1 aromatic rings. The Labute approximate surface area is 123 Å². The van der Waals surface area contributed by atoms with E-state index in [1.165, 1.54) is 0 Å². The number of hydrogen-bond donors (Lipinski definition) is 2. The zero-order chi connectivity index (χ0) is 15.6. The first-order valence-corrected chi connectivity index (χ1v) is 7.04. The van der Waals surface area contributed by atoms with Gasteiger partial charge in [-0.2, -0.15) is 4.98 Å². The molecule has 0 saturated carbocycles. The fourth-order valence-corrected chi connectivity index (χ4v) is 2.38. The van der Waals surface area contributed by atoms with Crippen molar-refractivity contribution in [3.63, 3.8) is 0 Å². The molecular formula is C13H21N5O3. The van der Waals surface area contributed by atoms with Crippen molar-refractivity contribution in [1.82, 2.24) is 9.97 Å². The largest absolute Gasteiger partial charge is 0.376 e. The predicted octanol–water partition coefficient (Wildman–Crippen LogP) is 2.10. The van der Waals surface area contributed by atoms with E-state index in [1.54, 1.807) is 6.92 Å². The van der Waals surface area contributed by atoms with E-state index in [4.69, 9.17) is 4.74 Å². The van der Waals surface area contributed by atoms with Gasteiger partial charge in [0.15, 0.2) is 0 Å². The van der Waals surface area contributed by atoms with Gasteiger partial charge in [0, 0.05) is 13.2 Å². The first-order chi connectivity index (χ1) is 9.87. The van der Waals surface area contributed by atoms with Crippen molar-refractivity contribution >= 4 is 17.5 Å². The maximum absolute atomic E-state index is 11.3. The molecule has 1 fully saturated rings. The summed E-state index contributed by atoms with van der Waals surface area (Å²) in [6, 6.07) is 0. The normalized spacial score (nSPS) is 24.9. The molecule has 8 nitrogen and oxygen atoms in total. The second-order valence-electron chi connectivity index (χ2n) is 5.42. The van der Waals surface area contributed by atoms with E-state index in [-0.39, 0.29) is 23.1 Å². The van der Waals surface area contributed by atoms with Gasteiger partial charge in [0.05, 0.1) is 16.6 Å². The molecule has 0 aromatic carbocycles. The highest BCUT2D eigenvalue weighted by Crippen LogP contribution is 2.34. The van der Waals surface area contributed by atoms with Crippen molar-refractivity contribution in [2.75, 3.05) is 23.8 Å². The summed E-state index contributed by atoms with van der Waals surface area (Å²) in [7, 11) is 0. The predicted molar refractivity (Wildman–Crippen MR) is 79.6 cm³/mol. The second-order valence-corrected chi connectivity index (χ2v) is 5.42. The number of nitrogens with one attached hydrogen (secondary N) is 2. The van der Waals surface area contributed by atoms with Crippen molar-refractivity contribution in [1.29, 1.82) is 0 Å². The van der Waals surface area contributed by atoms with Gasteiger partial charge in [0.25, 0.3) is 0 Å². The van der Waals surface area contributed by atoms with Gasteiger partial charge in [0.1, 0.15) is 5.69 Å². The van der Waals surface area contributed by atoms with E-state index in [0.29, 0.717) is 24.8 Å². The summed E-state index contributed by atoms with van der Waals surface area (Å²) in [5, 5.41) is 17.5. The highest BCUT2D eigenvalue weighted by atomic mass is 16.6. The number of nitrogens with zero attached hydrogens (tertiary/aromatic N) is 3. The zero-order valence-corrected chi connectivity index (χ0v) is 12.8. The van der Waals surface area contributed by atoms with E-state index in [2.05, 4.69) is 20.6 Å². The van der Waals surface area contributed by atoms with Crippen molar-refractivity contribution in [3.05, 3.63) is 15.8 Å². The molecule has 116 valence electrons. The van der Waals surface area contributed by atoms with Gasteiger partial charge in [-0.3, -0.25) is 10.1 Å². The van der Waals surface area contributed by atoms with E-state index >= 15 is 0 Å². The third kappa shape index (κ3) is 3.05. The summed E-state index contributed by atoms with van der Waals surface area (Å²) in [4.78, 5) is 19.2. The van der Waals surface area contributed by atoms with Gasteiger partial charge in [-0.15, -0.1) is 0 Å². The van der Waals surface area contributed by atoms with Crippen LogP contribution >= 0.6 is 0 Å². The van der Waals surface area contributed by atoms with Crippen LogP contribution in [-0.2, 0) is 4.74 Å². The fraction of sp³-hybridized carbons (Fsp3) is 0.692. The highest BCUT2D eigenvalue weighted by molar-refractivity contribution is 5.62. The molecule has 0 aliphatic carbocycles. The summed E-state index contributed by atoms with van der Waals surface area (Å²) < 4.78 is 5.56. The smallest absolute Gasteiger partial charge is 0.332 e. The first kappa shape index (κ1) is 15.4. The Morgan fingerprint density at radius 3 is 2.76 bits per heavy atom. The molecule has 1 aromatic heterocycles. The number of hydrogen-bond acceptors (Lipinski definition) is 7. The van der Waals surface area contributed by atoms with Gasteiger partial charge in [-0.05, 0) is 34.1 Å². The monoisotopic (exact) mass is 295 g/mol. The molecule has 1 aliphatic heterocycles.